The van der Waals surface area contributed by atoms with Crippen molar-refractivity contribution in [3.8, 4) is 11.5 Å². The second-order valence-electron chi connectivity index (χ2n) is 6.69. The lowest BCUT2D eigenvalue weighted by Crippen LogP contribution is -2.44. The van der Waals surface area contributed by atoms with Gasteiger partial charge in [-0.05, 0) is 38.7 Å². The molecular weight excluding hydrogens is 310 g/mol. The predicted octanol–water partition coefficient (Wildman–Crippen LogP) is 2.37. The predicted molar refractivity (Wildman–Crippen MR) is 85.4 cm³/mol. The van der Waals surface area contributed by atoms with E-state index in [-0.39, 0.29) is 17.9 Å². The highest BCUT2D eigenvalue weighted by Gasteiger charge is 2.33. The largest absolute Gasteiger partial charge is 0.469 e. The molecule has 0 spiro atoms. The number of piperidine rings is 1. The lowest BCUT2D eigenvalue weighted by molar-refractivity contribution is -0.139. The van der Waals surface area contributed by atoms with Crippen molar-refractivity contribution in [3.63, 3.8) is 0 Å². The monoisotopic (exact) mass is 331 g/mol. The molecule has 7 nitrogen and oxygen atoms in total. The topological polar surface area (TPSA) is 81.5 Å². The van der Waals surface area contributed by atoms with Crippen molar-refractivity contribution in [2.45, 2.75) is 45.1 Å². The van der Waals surface area contributed by atoms with Crippen molar-refractivity contribution >= 4 is 5.91 Å². The van der Waals surface area contributed by atoms with Crippen molar-refractivity contribution in [2.75, 3.05) is 13.1 Å². The van der Waals surface area contributed by atoms with Gasteiger partial charge in [0.1, 0.15) is 5.76 Å². The Morgan fingerprint density at radius 3 is 2.58 bits per heavy atom. The van der Waals surface area contributed by atoms with Gasteiger partial charge >= 0.3 is 5.76 Å². The van der Waals surface area contributed by atoms with Crippen LogP contribution in [0.15, 0.2) is 26.0 Å². The number of hydrogen-bond acceptors (Lipinski definition) is 5. The highest BCUT2D eigenvalue weighted by molar-refractivity contribution is 5.79. The van der Waals surface area contributed by atoms with Crippen LogP contribution in [0.1, 0.15) is 43.9 Å². The molecule has 0 unspecified atom stereocenters. The molecule has 128 valence electrons. The highest BCUT2D eigenvalue weighted by Crippen LogP contribution is 2.31. The maximum absolute atomic E-state index is 12.3. The Hall–Kier alpha value is -2.31. The number of hydrogen-bond donors (Lipinski definition) is 0. The van der Waals surface area contributed by atoms with Crippen LogP contribution in [-0.2, 0) is 4.79 Å². The zero-order valence-corrected chi connectivity index (χ0v) is 13.7. The SMILES string of the molecule is Cc1occc1-c1nn(C2CCN(C(=O)C3CCC3)CC2)c(=O)o1. The average molecular weight is 331 g/mol. The molecule has 0 aromatic carbocycles. The molecule has 2 aliphatic rings. The third kappa shape index (κ3) is 2.57. The number of amides is 1. The van der Waals surface area contributed by atoms with Crippen LogP contribution in [-0.4, -0.2) is 33.7 Å². The molecule has 1 aliphatic heterocycles. The zero-order valence-electron chi connectivity index (χ0n) is 13.7. The van der Waals surface area contributed by atoms with E-state index < -0.39 is 5.76 Å². The van der Waals surface area contributed by atoms with Crippen LogP contribution in [0, 0.1) is 12.8 Å². The summed E-state index contributed by atoms with van der Waals surface area (Å²) < 4.78 is 11.9. The molecule has 4 rings (SSSR count). The normalized spacial score (nSPS) is 19.5. The van der Waals surface area contributed by atoms with Crippen LogP contribution in [0.2, 0.25) is 0 Å². The molecule has 2 aromatic heterocycles. The third-order valence-corrected chi connectivity index (χ3v) is 5.24. The van der Waals surface area contributed by atoms with Crippen LogP contribution >= 0.6 is 0 Å². The molecule has 0 atom stereocenters. The quantitative estimate of drug-likeness (QED) is 0.862. The minimum Gasteiger partial charge on any atom is -0.469 e. The van der Waals surface area contributed by atoms with Gasteiger partial charge in [0.05, 0.1) is 17.9 Å². The summed E-state index contributed by atoms with van der Waals surface area (Å²) in [6.45, 7) is 3.16. The summed E-state index contributed by atoms with van der Waals surface area (Å²) >= 11 is 0. The van der Waals surface area contributed by atoms with Crippen LogP contribution in [0.5, 0.6) is 0 Å². The Labute approximate surface area is 139 Å². The van der Waals surface area contributed by atoms with Gasteiger partial charge in [0, 0.05) is 19.0 Å². The third-order valence-electron chi connectivity index (χ3n) is 5.24. The second-order valence-corrected chi connectivity index (χ2v) is 6.69. The van der Waals surface area contributed by atoms with Crippen molar-refractivity contribution in [1.82, 2.24) is 14.7 Å². The minimum atomic E-state index is -0.450. The molecule has 3 heterocycles. The van der Waals surface area contributed by atoms with Gasteiger partial charge in [-0.1, -0.05) is 6.42 Å². The summed E-state index contributed by atoms with van der Waals surface area (Å²) in [5.41, 5.74) is 0.698. The van der Waals surface area contributed by atoms with E-state index in [1.54, 1.807) is 19.3 Å². The molecule has 2 fully saturated rings. The standard InChI is InChI=1S/C17H21N3O4/c1-11-14(7-10-23-11)15-18-20(17(22)24-15)13-5-8-19(9-6-13)16(21)12-3-2-4-12/h7,10,12-13H,2-6,8-9H2,1H3. The van der Waals surface area contributed by atoms with Gasteiger partial charge in [0.25, 0.3) is 5.89 Å². The number of carbonyl (C=O) groups excluding carboxylic acids is 1. The summed E-state index contributed by atoms with van der Waals surface area (Å²) in [4.78, 5) is 26.4. The Balaban J connectivity index is 1.46. The first kappa shape index (κ1) is 15.2. The molecule has 0 bridgehead atoms. The number of likely N-dealkylation sites (tertiary alicyclic amines) is 1. The molecule has 0 N–H and O–H groups in total. The summed E-state index contributed by atoms with van der Waals surface area (Å²) in [6.07, 6.45) is 6.22. The van der Waals surface area contributed by atoms with Crippen LogP contribution in [0.4, 0.5) is 0 Å². The van der Waals surface area contributed by atoms with E-state index in [0.29, 0.717) is 30.3 Å². The Morgan fingerprint density at radius 2 is 2.00 bits per heavy atom. The number of furan rings is 1. The molecule has 1 amide bonds. The Bertz CT molecular complexity index is 791. The molecule has 1 saturated heterocycles. The molecule has 1 aliphatic carbocycles. The fourth-order valence-electron chi connectivity index (χ4n) is 3.48. The lowest BCUT2D eigenvalue weighted by atomic mass is 9.84. The van der Waals surface area contributed by atoms with Crippen LogP contribution in [0.25, 0.3) is 11.5 Å². The van der Waals surface area contributed by atoms with Gasteiger partial charge in [-0.15, -0.1) is 5.10 Å². The van der Waals surface area contributed by atoms with Gasteiger partial charge in [-0.2, -0.15) is 4.68 Å². The molecule has 0 radical (unpaired) electrons. The fraction of sp³-hybridized carbons (Fsp3) is 0.588. The van der Waals surface area contributed by atoms with E-state index >= 15 is 0 Å². The lowest BCUT2D eigenvalue weighted by Gasteiger charge is -2.36. The molecule has 1 saturated carbocycles. The maximum Gasteiger partial charge on any atom is 0.437 e. The highest BCUT2D eigenvalue weighted by atomic mass is 16.4. The van der Waals surface area contributed by atoms with Crippen molar-refractivity contribution in [2.24, 2.45) is 5.92 Å². The van der Waals surface area contributed by atoms with Gasteiger partial charge in [-0.3, -0.25) is 4.79 Å². The fourth-order valence-corrected chi connectivity index (χ4v) is 3.48. The summed E-state index contributed by atoms with van der Waals surface area (Å²) in [5, 5.41) is 4.34. The Kier molecular flexibility index (Phi) is 3.78. The average Bonchev–Trinajstić information content (AvgIpc) is 3.11. The number of aryl methyl sites for hydroxylation is 1. The number of rotatable bonds is 3. The van der Waals surface area contributed by atoms with Crippen LogP contribution < -0.4 is 5.76 Å². The molecule has 2 aromatic rings. The summed E-state index contributed by atoms with van der Waals surface area (Å²) in [6, 6.07) is 1.72. The molecule has 24 heavy (non-hydrogen) atoms. The minimum absolute atomic E-state index is 0.0207. The maximum atomic E-state index is 12.3. The molecule has 7 heteroatoms. The first-order valence-electron chi connectivity index (χ1n) is 8.56. The van der Waals surface area contributed by atoms with Crippen molar-refractivity contribution in [1.29, 1.82) is 0 Å². The van der Waals surface area contributed by atoms with Crippen molar-refractivity contribution in [3.05, 3.63) is 28.6 Å². The second kappa shape index (κ2) is 5.96. The van der Waals surface area contributed by atoms with E-state index in [0.717, 1.165) is 32.1 Å². The van der Waals surface area contributed by atoms with Gasteiger partial charge in [-0.25, -0.2) is 4.79 Å². The van der Waals surface area contributed by atoms with Crippen LogP contribution in [0.3, 0.4) is 0 Å². The van der Waals surface area contributed by atoms with E-state index in [1.165, 1.54) is 4.68 Å². The van der Waals surface area contributed by atoms with Gasteiger partial charge < -0.3 is 13.7 Å². The number of carbonyl (C=O) groups is 1. The smallest absolute Gasteiger partial charge is 0.437 e. The van der Waals surface area contributed by atoms with Crippen molar-refractivity contribution < 1.29 is 13.6 Å². The number of aromatic nitrogens is 2. The molecular formula is C17H21N3O4. The Morgan fingerprint density at radius 1 is 1.25 bits per heavy atom. The van der Waals surface area contributed by atoms with E-state index in [9.17, 15) is 9.59 Å². The van der Waals surface area contributed by atoms with E-state index in [1.807, 2.05) is 4.90 Å². The summed E-state index contributed by atoms with van der Waals surface area (Å²) in [5.74, 6) is 1.02. The van der Waals surface area contributed by atoms with E-state index in [2.05, 4.69) is 5.10 Å². The first-order chi connectivity index (χ1) is 11.6. The van der Waals surface area contributed by atoms with E-state index in [4.69, 9.17) is 8.83 Å². The summed E-state index contributed by atoms with van der Waals surface area (Å²) in [7, 11) is 0. The first-order valence-corrected chi connectivity index (χ1v) is 8.56. The van der Waals surface area contributed by atoms with Gasteiger partial charge in [0.15, 0.2) is 0 Å². The van der Waals surface area contributed by atoms with Gasteiger partial charge in [0.2, 0.25) is 5.91 Å². The zero-order chi connectivity index (χ0) is 16.7. The number of nitrogens with zero attached hydrogens (tertiary/aromatic N) is 3.